The second-order valence-electron chi connectivity index (χ2n) is 4.62. The maximum absolute atomic E-state index is 9.98. The Hall–Kier alpha value is -3.16. The van der Waals surface area contributed by atoms with Gasteiger partial charge in [0.1, 0.15) is 0 Å². The molecule has 8 nitrogen and oxygen atoms in total. The Bertz CT molecular complexity index is 487. The van der Waals surface area contributed by atoms with E-state index in [4.69, 9.17) is 9.90 Å². The minimum atomic E-state index is -1.23. The third-order valence-electron chi connectivity index (χ3n) is 1.39. The molecule has 0 aliphatic carbocycles. The summed E-state index contributed by atoms with van der Waals surface area (Å²) in [4.78, 5) is 39.1. The number of aliphatic carboxylic acids is 1. The maximum Gasteiger partial charge on any atom is 0.151 e. The van der Waals surface area contributed by atoms with Gasteiger partial charge < -0.3 is 25.2 Å². The predicted molar refractivity (Wildman–Crippen MR) is 88.5 cm³/mol. The second kappa shape index (κ2) is 19.9. The summed E-state index contributed by atoms with van der Waals surface area (Å²) in [5.74, 6) is -2.36. The summed E-state index contributed by atoms with van der Waals surface area (Å²) in [5.41, 5.74) is 0. The van der Waals surface area contributed by atoms with E-state index in [9.17, 15) is 29.7 Å². The van der Waals surface area contributed by atoms with E-state index < -0.39 is 5.97 Å². The summed E-state index contributed by atoms with van der Waals surface area (Å²) in [6.07, 6.45) is 3.89. The van der Waals surface area contributed by atoms with E-state index >= 15 is 0 Å². The summed E-state index contributed by atoms with van der Waals surface area (Å²) < 4.78 is 0. The lowest BCUT2D eigenvalue weighted by Crippen LogP contribution is -2.17. The van der Waals surface area contributed by atoms with E-state index in [1.165, 1.54) is 41.5 Å². The number of hydrogen-bond donors (Lipinski definition) is 0. The highest BCUT2D eigenvalue weighted by molar-refractivity contribution is 5.88. The topological polar surface area (TPSA) is 161 Å². The molecule has 0 spiro atoms. The number of ketones is 3. The van der Waals surface area contributed by atoms with Gasteiger partial charge in [-0.25, -0.2) is 0 Å². The van der Waals surface area contributed by atoms with E-state index in [-0.39, 0.29) is 34.6 Å². The Morgan fingerprint density at radius 3 is 0.731 bits per heavy atom. The number of allylic oxidation sites excluding steroid dienone is 6. The van der Waals surface area contributed by atoms with Crippen molar-refractivity contribution in [2.45, 2.75) is 41.5 Å². The first-order chi connectivity index (χ1) is 11.6. The van der Waals surface area contributed by atoms with E-state index in [0.717, 1.165) is 24.3 Å². The molecule has 0 radical (unpaired) electrons. The molecule has 0 aliphatic heterocycles. The average Bonchev–Trinajstić information content (AvgIpc) is 2.35. The highest BCUT2D eigenvalue weighted by Crippen LogP contribution is 1.78. The molecule has 0 aromatic rings. The summed E-state index contributed by atoms with van der Waals surface area (Å²) in [5, 5.41) is 39.1. The first-order valence-electron chi connectivity index (χ1n) is 7.06. The Morgan fingerprint density at radius 1 is 0.577 bits per heavy atom. The number of carboxylic acid groups (broad SMARTS) is 1. The van der Waals surface area contributed by atoms with Crippen LogP contribution in [0.5, 0.6) is 0 Å². The Labute approximate surface area is 153 Å². The third-order valence-corrected chi connectivity index (χ3v) is 1.39. The average molecular weight is 368 g/mol. The third kappa shape index (κ3) is 69.8. The fourth-order valence-electron chi connectivity index (χ4n) is 0.859. The van der Waals surface area contributed by atoms with Crippen LogP contribution in [-0.2, 0) is 19.2 Å². The van der Waals surface area contributed by atoms with Crippen LogP contribution >= 0.6 is 0 Å². The van der Waals surface area contributed by atoms with Crippen LogP contribution in [-0.4, -0.2) is 23.3 Å². The molecule has 0 saturated carbocycles. The first kappa shape index (κ1) is 30.7. The number of rotatable bonds is 4. The van der Waals surface area contributed by atoms with Crippen molar-refractivity contribution < 1.29 is 39.6 Å². The minimum absolute atomic E-state index is 0.187. The zero-order valence-electron chi connectivity index (χ0n) is 15.8. The molecule has 148 valence electrons. The molecule has 0 rings (SSSR count). The van der Waals surface area contributed by atoms with Crippen molar-refractivity contribution in [2.24, 2.45) is 0 Å². The number of carbonyl (C=O) groups is 4. The molecule has 0 saturated heterocycles. The molecule has 0 aliphatic rings. The number of carboxylic acids is 1. The summed E-state index contributed by atoms with van der Waals surface area (Å²) >= 11 is 0. The van der Waals surface area contributed by atoms with Gasteiger partial charge >= 0.3 is 0 Å². The standard InChI is InChI=1S/3C5H8O2.C3H4O2/c3*1-4(6)3-5(2)7;1-2-3(4)5/h3*3,6H,1-2H3;2H,1H2,(H,4,5)/p-4/b3*4-3-;. The van der Waals surface area contributed by atoms with Gasteiger partial charge in [-0.3, -0.25) is 14.4 Å². The second-order valence-corrected chi connectivity index (χ2v) is 4.62. The smallest absolute Gasteiger partial charge is 0.151 e. The molecular weight excluding hydrogens is 344 g/mol. The molecule has 0 fully saturated rings. The lowest BCUT2D eigenvalue weighted by atomic mass is 10.4. The van der Waals surface area contributed by atoms with Crippen molar-refractivity contribution in [1.29, 1.82) is 0 Å². The Morgan fingerprint density at radius 2 is 0.731 bits per heavy atom. The molecule has 0 amide bonds. The fourth-order valence-corrected chi connectivity index (χ4v) is 0.859. The molecule has 26 heavy (non-hydrogen) atoms. The van der Waals surface area contributed by atoms with E-state index in [1.54, 1.807) is 0 Å². The minimum Gasteiger partial charge on any atom is -0.876 e. The van der Waals surface area contributed by atoms with E-state index in [0.29, 0.717) is 0 Å². The van der Waals surface area contributed by atoms with Crippen molar-refractivity contribution in [1.82, 2.24) is 0 Å². The van der Waals surface area contributed by atoms with Crippen molar-refractivity contribution in [2.75, 3.05) is 0 Å². The normalized spacial score (nSPS) is 10.5. The van der Waals surface area contributed by atoms with Crippen LogP contribution in [0, 0.1) is 0 Å². The molecule has 0 aromatic carbocycles. The fraction of sp³-hybridized carbons (Fsp3) is 0.333. The van der Waals surface area contributed by atoms with Crippen molar-refractivity contribution in [3.05, 3.63) is 48.2 Å². The van der Waals surface area contributed by atoms with Gasteiger partial charge in [0.05, 0.1) is 5.97 Å². The maximum atomic E-state index is 9.98. The zero-order valence-corrected chi connectivity index (χ0v) is 15.8. The number of carbonyl (C=O) groups excluding carboxylic acids is 4. The Balaban J connectivity index is -0.000000125. The Kier molecular flexibility index (Phi) is 23.5. The molecule has 0 aromatic heterocycles. The number of hydrogen-bond acceptors (Lipinski definition) is 8. The summed E-state index contributed by atoms with van der Waals surface area (Å²) in [6, 6.07) is 0. The summed E-state index contributed by atoms with van der Waals surface area (Å²) in [6.45, 7) is 11.0. The van der Waals surface area contributed by atoms with Crippen LogP contribution in [0.4, 0.5) is 0 Å². The van der Waals surface area contributed by atoms with Gasteiger partial charge in [0.2, 0.25) is 0 Å². The molecule has 0 unspecified atom stereocenters. The highest BCUT2D eigenvalue weighted by Gasteiger charge is 1.77. The van der Waals surface area contributed by atoms with Crippen molar-refractivity contribution >= 4 is 23.3 Å². The zero-order chi connectivity index (χ0) is 21.9. The van der Waals surface area contributed by atoms with Crippen LogP contribution in [0.3, 0.4) is 0 Å². The molecule has 0 bridgehead atoms. The van der Waals surface area contributed by atoms with Crippen LogP contribution in [0.25, 0.3) is 0 Å². The lowest BCUT2D eigenvalue weighted by molar-refractivity contribution is -0.302. The summed E-state index contributed by atoms with van der Waals surface area (Å²) in [7, 11) is 0. The molecule has 0 heterocycles. The van der Waals surface area contributed by atoms with Gasteiger partial charge in [0, 0.05) is 0 Å². The van der Waals surface area contributed by atoms with E-state index in [1.807, 2.05) is 0 Å². The SMILES string of the molecule is C=CC(=O)[O-].CC(=O)/C=C(/C)[O-].CC(=O)/C=C(/C)[O-].CC(=O)/C=C(/C)[O-]. The van der Waals surface area contributed by atoms with Gasteiger partial charge in [0.15, 0.2) is 17.3 Å². The van der Waals surface area contributed by atoms with Crippen LogP contribution in [0.1, 0.15) is 41.5 Å². The monoisotopic (exact) mass is 368 g/mol. The highest BCUT2D eigenvalue weighted by atomic mass is 16.4. The van der Waals surface area contributed by atoms with Crippen LogP contribution in [0.2, 0.25) is 0 Å². The van der Waals surface area contributed by atoms with Crippen molar-refractivity contribution in [3.63, 3.8) is 0 Å². The van der Waals surface area contributed by atoms with E-state index in [2.05, 4.69) is 6.58 Å². The van der Waals surface area contributed by atoms with Gasteiger partial charge in [-0.15, -0.1) is 17.3 Å². The molecule has 8 heteroatoms. The van der Waals surface area contributed by atoms with Gasteiger partial charge in [0.25, 0.3) is 0 Å². The van der Waals surface area contributed by atoms with Gasteiger partial charge in [-0.05, 0) is 45.1 Å². The molecule has 0 atom stereocenters. The molecular formula is C18H24O8-4. The molecule has 0 N–H and O–H groups in total. The largest absolute Gasteiger partial charge is 0.876 e. The lowest BCUT2D eigenvalue weighted by Gasteiger charge is -1.98. The van der Waals surface area contributed by atoms with Crippen LogP contribution < -0.4 is 20.4 Å². The first-order valence-corrected chi connectivity index (χ1v) is 7.06. The quantitative estimate of drug-likeness (QED) is 0.425. The van der Waals surface area contributed by atoms with Crippen molar-refractivity contribution in [3.8, 4) is 0 Å². The van der Waals surface area contributed by atoms with Crippen LogP contribution in [0.15, 0.2) is 48.2 Å². The van der Waals surface area contributed by atoms with Gasteiger partial charge in [-0.1, -0.05) is 27.4 Å². The predicted octanol–water partition coefficient (Wildman–Crippen LogP) is -1.56. The van der Waals surface area contributed by atoms with Gasteiger partial charge in [-0.2, -0.15) is 0 Å².